The minimum atomic E-state index is -0.186. The summed E-state index contributed by atoms with van der Waals surface area (Å²) in [5.74, 6) is 0.00530. The van der Waals surface area contributed by atoms with Crippen molar-refractivity contribution in [1.29, 1.82) is 0 Å². The molecule has 0 saturated heterocycles. The van der Waals surface area contributed by atoms with Gasteiger partial charge in [-0.15, -0.1) is 0 Å². The van der Waals surface area contributed by atoms with Gasteiger partial charge >= 0.3 is 0 Å². The van der Waals surface area contributed by atoms with Gasteiger partial charge < -0.3 is 15.2 Å². The van der Waals surface area contributed by atoms with E-state index in [-0.39, 0.29) is 23.9 Å². The van der Waals surface area contributed by atoms with Gasteiger partial charge in [-0.3, -0.25) is 9.59 Å². The van der Waals surface area contributed by atoms with Crippen molar-refractivity contribution in [3.63, 3.8) is 0 Å². The Kier molecular flexibility index (Phi) is 6.93. The second kappa shape index (κ2) is 10.0. The van der Waals surface area contributed by atoms with E-state index in [0.29, 0.717) is 13.0 Å². The summed E-state index contributed by atoms with van der Waals surface area (Å²) >= 11 is 0. The molecule has 168 valence electrons. The number of H-pyrrole nitrogens is 1. The van der Waals surface area contributed by atoms with Crippen molar-refractivity contribution in [3.05, 3.63) is 71.4 Å². The minimum Gasteiger partial charge on any atom is -0.361 e. The molecule has 2 N–H and O–H groups in total. The van der Waals surface area contributed by atoms with Crippen molar-refractivity contribution >= 4 is 22.7 Å². The van der Waals surface area contributed by atoms with Crippen LogP contribution in [-0.2, 0) is 4.79 Å². The highest BCUT2D eigenvalue weighted by atomic mass is 16.2. The van der Waals surface area contributed by atoms with E-state index in [9.17, 15) is 9.59 Å². The summed E-state index contributed by atoms with van der Waals surface area (Å²) in [7, 11) is 0. The standard InChI is InChI=1S/C27H33N3O2/c1-3-4-5-6-11-19(2)29-25(31)16-17-30-26(21-13-7-8-14-22(21)27(30)32)23-18-28-24-15-10-9-12-20(23)24/h7-10,12-15,18-19,26,28H,3-6,11,16-17H2,1-2H3,(H,29,31)/t19-,26-/m1/s1. The Morgan fingerprint density at radius 2 is 1.84 bits per heavy atom. The first kappa shape index (κ1) is 22.1. The molecule has 2 amide bonds. The molecule has 2 atom stereocenters. The third-order valence-corrected chi connectivity index (χ3v) is 6.45. The molecule has 3 aromatic rings. The summed E-state index contributed by atoms with van der Waals surface area (Å²) in [6, 6.07) is 15.9. The lowest BCUT2D eigenvalue weighted by atomic mass is 9.97. The zero-order valence-electron chi connectivity index (χ0n) is 19.1. The first-order chi connectivity index (χ1) is 15.6. The van der Waals surface area contributed by atoms with Crippen LogP contribution in [0.25, 0.3) is 10.9 Å². The highest BCUT2D eigenvalue weighted by Gasteiger charge is 2.38. The van der Waals surface area contributed by atoms with Crippen LogP contribution in [0.4, 0.5) is 0 Å². The molecule has 0 spiro atoms. The summed E-state index contributed by atoms with van der Waals surface area (Å²) in [4.78, 5) is 31.1. The number of carbonyl (C=O) groups is 2. The van der Waals surface area contributed by atoms with Crippen molar-refractivity contribution < 1.29 is 9.59 Å². The number of carbonyl (C=O) groups excluding carboxylic acids is 2. The molecule has 0 unspecified atom stereocenters. The molecule has 0 bridgehead atoms. The van der Waals surface area contributed by atoms with E-state index in [1.807, 2.05) is 53.6 Å². The highest BCUT2D eigenvalue weighted by Crippen LogP contribution is 2.41. The van der Waals surface area contributed by atoms with Crippen molar-refractivity contribution in [2.45, 2.75) is 64.5 Å². The van der Waals surface area contributed by atoms with Gasteiger partial charge in [0.15, 0.2) is 0 Å². The first-order valence-corrected chi connectivity index (χ1v) is 11.9. The van der Waals surface area contributed by atoms with E-state index in [0.717, 1.165) is 40.4 Å². The smallest absolute Gasteiger partial charge is 0.255 e. The topological polar surface area (TPSA) is 65.2 Å². The molecule has 1 aromatic heterocycles. The Morgan fingerprint density at radius 1 is 1.06 bits per heavy atom. The van der Waals surface area contributed by atoms with Gasteiger partial charge in [-0.05, 0) is 31.0 Å². The Labute approximate surface area is 190 Å². The number of hydrogen-bond acceptors (Lipinski definition) is 2. The van der Waals surface area contributed by atoms with Crippen LogP contribution in [-0.4, -0.2) is 34.3 Å². The van der Waals surface area contributed by atoms with E-state index in [4.69, 9.17) is 0 Å². The Bertz CT molecular complexity index is 1090. The molecule has 0 fully saturated rings. The molecule has 1 aliphatic heterocycles. The van der Waals surface area contributed by atoms with Crippen molar-refractivity contribution in [2.24, 2.45) is 0 Å². The van der Waals surface area contributed by atoms with Crippen molar-refractivity contribution in [3.8, 4) is 0 Å². The van der Waals surface area contributed by atoms with Gasteiger partial charge in [0, 0.05) is 47.2 Å². The van der Waals surface area contributed by atoms with Gasteiger partial charge in [-0.1, -0.05) is 69.0 Å². The maximum absolute atomic E-state index is 13.3. The molecule has 0 saturated carbocycles. The summed E-state index contributed by atoms with van der Waals surface area (Å²) in [5, 5.41) is 4.22. The largest absolute Gasteiger partial charge is 0.361 e. The second-order valence-electron chi connectivity index (χ2n) is 8.85. The fourth-order valence-electron chi connectivity index (χ4n) is 4.77. The molecule has 0 aliphatic carbocycles. The lowest BCUT2D eigenvalue weighted by Crippen LogP contribution is -2.37. The van der Waals surface area contributed by atoms with E-state index < -0.39 is 0 Å². The number of rotatable bonds is 10. The van der Waals surface area contributed by atoms with Crippen LogP contribution in [0.2, 0.25) is 0 Å². The SMILES string of the molecule is CCCCCC[C@@H](C)NC(=O)CCN1C(=O)c2ccccc2[C@@H]1c1c[nH]c2ccccc12. The molecule has 2 heterocycles. The maximum atomic E-state index is 13.3. The lowest BCUT2D eigenvalue weighted by Gasteiger charge is -2.25. The number of unbranched alkanes of at least 4 members (excludes halogenated alkanes) is 3. The van der Waals surface area contributed by atoms with Crippen LogP contribution < -0.4 is 5.32 Å². The number of nitrogens with zero attached hydrogens (tertiary/aromatic N) is 1. The number of hydrogen-bond donors (Lipinski definition) is 2. The van der Waals surface area contributed by atoms with Gasteiger partial charge in [0.25, 0.3) is 5.91 Å². The summed E-state index contributed by atoms with van der Waals surface area (Å²) < 4.78 is 0. The molecule has 1 aliphatic rings. The van der Waals surface area contributed by atoms with Crippen LogP contribution in [0.1, 0.15) is 79.9 Å². The fourth-order valence-corrected chi connectivity index (χ4v) is 4.77. The predicted octanol–water partition coefficient (Wildman–Crippen LogP) is 5.58. The Morgan fingerprint density at radius 3 is 2.69 bits per heavy atom. The third-order valence-electron chi connectivity index (χ3n) is 6.45. The summed E-state index contributed by atoms with van der Waals surface area (Å²) in [6.45, 7) is 4.66. The van der Waals surface area contributed by atoms with Crippen LogP contribution in [0.15, 0.2) is 54.7 Å². The molecule has 4 rings (SSSR count). The molecule has 5 heteroatoms. The van der Waals surface area contributed by atoms with Crippen LogP contribution in [0.5, 0.6) is 0 Å². The molecular formula is C27H33N3O2. The third kappa shape index (κ3) is 4.57. The van der Waals surface area contributed by atoms with E-state index >= 15 is 0 Å². The Balaban J connectivity index is 1.48. The second-order valence-corrected chi connectivity index (χ2v) is 8.85. The van der Waals surface area contributed by atoms with Crippen LogP contribution >= 0.6 is 0 Å². The van der Waals surface area contributed by atoms with Crippen molar-refractivity contribution in [2.75, 3.05) is 6.54 Å². The van der Waals surface area contributed by atoms with Crippen molar-refractivity contribution in [1.82, 2.24) is 15.2 Å². The molecule has 2 aromatic carbocycles. The lowest BCUT2D eigenvalue weighted by molar-refractivity contribution is -0.122. The van der Waals surface area contributed by atoms with Gasteiger partial charge in [0.1, 0.15) is 0 Å². The monoisotopic (exact) mass is 431 g/mol. The van der Waals surface area contributed by atoms with Gasteiger partial charge in [-0.2, -0.15) is 0 Å². The fraction of sp³-hybridized carbons (Fsp3) is 0.407. The number of para-hydroxylation sites is 1. The molecule has 0 radical (unpaired) electrons. The summed E-state index contributed by atoms with van der Waals surface area (Å²) in [6.07, 6.45) is 8.10. The number of amides is 2. The zero-order valence-corrected chi connectivity index (χ0v) is 19.1. The molecule has 32 heavy (non-hydrogen) atoms. The average molecular weight is 432 g/mol. The highest BCUT2D eigenvalue weighted by molar-refractivity contribution is 6.01. The molecule has 5 nitrogen and oxygen atoms in total. The van der Waals surface area contributed by atoms with Gasteiger partial charge in [0.2, 0.25) is 5.91 Å². The zero-order chi connectivity index (χ0) is 22.5. The summed E-state index contributed by atoms with van der Waals surface area (Å²) in [5.41, 5.74) is 3.86. The Hall–Kier alpha value is -3.08. The van der Waals surface area contributed by atoms with Crippen LogP contribution in [0.3, 0.4) is 0 Å². The number of aromatic nitrogens is 1. The van der Waals surface area contributed by atoms with E-state index in [1.54, 1.807) is 0 Å². The predicted molar refractivity (Wildman–Crippen MR) is 129 cm³/mol. The maximum Gasteiger partial charge on any atom is 0.255 e. The number of aromatic amines is 1. The first-order valence-electron chi connectivity index (χ1n) is 11.9. The normalized spacial score (nSPS) is 16.4. The van der Waals surface area contributed by atoms with Crippen LogP contribution in [0, 0.1) is 0 Å². The van der Waals surface area contributed by atoms with E-state index in [2.05, 4.69) is 30.2 Å². The van der Waals surface area contributed by atoms with E-state index in [1.165, 1.54) is 19.3 Å². The average Bonchev–Trinajstić information content (AvgIpc) is 3.34. The quantitative estimate of drug-likeness (QED) is 0.412. The molecular weight excluding hydrogens is 398 g/mol. The number of benzene rings is 2. The number of nitrogens with one attached hydrogen (secondary N) is 2. The van der Waals surface area contributed by atoms with Gasteiger partial charge in [-0.25, -0.2) is 0 Å². The van der Waals surface area contributed by atoms with Gasteiger partial charge in [0.05, 0.1) is 6.04 Å². The minimum absolute atomic E-state index is 0.00343. The number of fused-ring (bicyclic) bond motifs is 2.